The number of amides is 1. The number of rotatable bonds is 9. The molecule has 1 amide bonds. The Balaban J connectivity index is 2.86. The lowest BCUT2D eigenvalue weighted by Gasteiger charge is -2.22. The number of benzene rings is 1. The standard InChI is InChI=1S/C16H20F2N2O2/c1-2-10-16(17,18)14(21)13(9-6-11-19)20-15(22)12-7-4-3-5-8-12/h2-5,7-8,13H,1,6,9-11,19H2,(H,20,22). The van der Waals surface area contributed by atoms with Gasteiger partial charge in [-0.15, -0.1) is 6.58 Å². The molecule has 0 heterocycles. The number of allylic oxidation sites excluding steroid dienone is 1. The Morgan fingerprint density at radius 3 is 2.50 bits per heavy atom. The second-order valence-corrected chi connectivity index (χ2v) is 4.88. The summed E-state index contributed by atoms with van der Waals surface area (Å²) in [5.41, 5.74) is 5.66. The molecule has 0 radical (unpaired) electrons. The summed E-state index contributed by atoms with van der Waals surface area (Å²) >= 11 is 0. The molecule has 4 nitrogen and oxygen atoms in total. The summed E-state index contributed by atoms with van der Waals surface area (Å²) < 4.78 is 27.5. The maximum absolute atomic E-state index is 13.7. The minimum absolute atomic E-state index is 0.0701. The van der Waals surface area contributed by atoms with Crippen LogP contribution in [-0.4, -0.2) is 30.2 Å². The maximum Gasteiger partial charge on any atom is 0.310 e. The van der Waals surface area contributed by atoms with Gasteiger partial charge in [0.2, 0.25) is 5.78 Å². The molecule has 0 saturated carbocycles. The predicted molar refractivity (Wildman–Crippen MR) is 80.8 cm³/mol. The van der Waals surface area contributed by atoms with Crippen molar-refractivity contribution in [3.8, 4) is 0 Å². The van der Waals surface area contributed by atoms with Crippen molar-refractivity contribution in [2.24, 2.45) is 5.73 Å². The number of hydrogen-bond donors (Lipinski definition) is 2. The quantitative estimate of drug-likeness (QED) is 0.687. The summed E-state index contributed by atoms with van der Waals surface area (Å²) in [6.07, 6.45) is 0.652. The molecule has 0 saturated heterocycles. The van der Waals surface area contributed by atoms with E-state index in [1.54, 1.807) is 30.3 Å². The highest BCUT2D eigenvalue weighted by Crippen LogP contribution is 2.23. The molecule has 0 aromatic heterocycles. The SMILES string of the molecule is C=CCC(F)(F)C(=O)C(CCCN)NC(=O)c1ccccc1. The number of alkyl halides is 2. The fourth-order valence-corrected chi connectivity index (χ4v) is 1.96. The average Bonchev–Trinajstić information content (AvgIpc) is 2.51. The Kier molecular flexibility index (Phi) is 6.85. The molecule has 22 heavy (non-hydrogen) atoms. The lowest BCUT2D eigenvalue weighted by molar-refractivity contribution is -0.144. The number of ketones is 1. The van der Waals surface area contributed by atoms with Crippen LogP contribution in [0.2, 0.25) is 0 Å². The van der Waals surface area contributed by atoms with E-state index in [1.165, 1.54) is 0 Å². The molecule has 1 rings (SSSR count). The molecule has 1 atom stereocenters. The van der Waals surface area contributed by atoms with Crippen molar-refractivity contribution in [2.75, 3.05) is 6.54 Å². The molecule has 1 aromatic carbocycles. The predicted octanol–water partition coefficient (Wildman–Crippen LogP) is 2.30. The molecule has 0 aliphatic carbocycles. The van der Waals surface area contributed by atoms with Crippen molar-refractivity contribution in [1.29, 1.82) is 0 Å². The first-order chi connectivity index (χ1) is 10.4. The highest BCUT2D eigenvalue weighted by Gasteiger charge is 2.42. The zero-order valence-corrected chi connectivity index (χ0v) is 12.2. The van der Waals surface area contributed by atoms with Gasteiger partial charge in [-0.3, -0.25) is 9.59 Å². The van der Waals surface area contributed by atoms with Crippen molar-refractivity contribution >= 4 is 11.7 Å². The van der Waals surface area contributed by atoms with Crippen LogP contribution in [-0.2, 0) is 4.79 Å². The van der Waals surface area contributed by atoms with Crippen molar-refractivity contribution in [3.63, 3.8) is 0 Å². The molecule has 120 valence electrons. The molecule has 0 spiro atoms. The third-order valence-corrected chi connectivity index (χ3v) is 3.12. The number of carbonyl (C=O) groups excluding carboxylic acids is 2. The van der Waals surface area contributed by atoms with E-state index in [1.807, 2.05) is 0 Å². The molecule has 0 bridgehead atoms. The van der Waals surface area contributed by atoms with Gasteiger partial charge in [-0.25, -0.2) is 0 Å². The van der Waals surface area contributed by atoms with E-state index in [4.69, 9.17) is 5.73 Å². The first-order valence-corrected chi connectivity index (χ1v) is 7.01. The molecule has 6 heteroatoms. The highest BCUT2D eigenvalue weighted by molar-refractivity contribution is 5.99. The first-order valence-electron chi connectivity index (χ1n) is 7.01. The van der Waals surface area contributed by atoms with E-state index in [0.29, 0.717) is 12.0 Å². The molecule has 0 fully saturated rings. The summed E-state index contributed by atoms with van der Waals surface area (Å²) in [4.78, 5) is 24.0. The number of carbonyl (C=O) groups is 2. The fourth-order valence-electron chi connectivity index (χ4n) is 1.96. The second-order valence-electron chi connectivity index (χ2n) is 4.88. The number of halogens is 2. The fraction of sp³-hybridized carbons (Fsp3) is 0.375. The van der Waals surface area contributed by atoms with Gasteiger partial charge >= 0.3 is 5.92 Å². The van der Waals surface area contributed by atoms with Crippen LogP contribution >= 0.6 is 0 Å². The van der Waals surface area contributed by atoms with Crippen molar-refractivity contribution < 1.29 is 18.4 Å². The number of nitrogens with two attached hydrogens (primary N) is 1. The van der Waals surface area contributed by atoms with Crippen molar-refractivity contribution in [2.45, 2.75) is 31.2 Å². The molecular formula is C16H20F2N2O2. The van der Waals surface area contributed by atoms with E-state index < -0.39 is 30.1 Å². The first kappa shape index (κ1) is 18.0. The molecule has 3 N–H and O–H groups in total. The van der Waals surface area contributed by atoms with Gasteiger partial charge in [-0.2, -0.15) is 8.78 Å². The van der Waals surface area contributed by atoms with Gasteiger partial charge in [0, 0.05) is 12.0 Å². The van der Waals surface area contributed by atoms with E-state index in [0.717, 1.165) is 6.08 Å². The van der Waals surface area contributed by atoms with Gasteiger partial charge in [-0.05, 0) is 31.5 Å². The van der Waals surface area contributed by atoms with Gasteiger partial charge in [0.05, 0.1) is 6.04 Å². The van der Waals surface area contributed by atoms with E-state index >= 15 is 0 Å². The summed E-state index contributed by atoms with van der Waals surface area (Å²) in [6.45, 7) is 3.47. The summed E-state index contributed by atoms with van der Waals surface area (Å²) in [6, 6.07) is 6.84. The lowest BCUT2D eigenvalue weighted by Crippen LogP contribution is -2.48. The molecule has 1 unspecified atom stereocenters. The highest BCUT2D eigenvalue weighted by atomic mass is 19.3. The van der Waals surface area contributed by atoms with E-state index in [9.17, 15) is 18.4 Å². The normalized spacial score (nSPS) is 12.5. The third-order valence-electron chi connectivity index (χ3n) is 3.12. The topological polar surface area (TPSA) is 72.2 Å². The average molecular weight is 310 g/mol. The van der Waals surface area contributed by atoms with E-state index in [-0.39, 0.29) is 13.0 Å². The molecule has 0 aliphatic rings. The van der Waals surface area contributed by atoms with Gasteiger partial charge in [0.15, 0.2) is 0 Å². The molecular weight excluding hydrogens is 290 g/mol. The Morgan fingerprint density at radius 2 is 1.95 bits per heavy atom. The van der Waals surface area contributed by atoms with Crippen molar-refractivity contribution in [3.05, 3.63) is 48.6 Å². The minimum atomic E-state index is -3.55. The van der Waals surface area contributed by atoms with Crippen LogP contribution in [0.25, 0.3) is 0 Å². The number of Topliss-reactive ketones (excluding diaryl/α,β-unsaturated/α-hetero) is 1. The van der Waals surface area contributed by atoms with Crippen LogP contribution < -0.4 is 11.1 Å². The summed E-state index contributed by atoms with van der Waals surface area (Å²) in [5, 5.41) is 2.37. The van der Waals surface area contributed by atoms with Crippen LogP contribution in [0.5, 0.6) is 0 Å². The smallest absolute Gasteiger partial charge is 0.310 e. The van der Waals surface area contributed by atoms with Crippen LogP contribution in [0.15, 0.2) is 43.0 Å². The zero-order chi connectivity index (χ0) is 16.6. The molecule has 1 aromatic rings. The summed E-state index contributed by atoms with van der Waals surface area (Å²) in [5.74, 6) is -5.43. The zero-order valence-electron chi connectivity index (χ0n) is 12.2. The van der Waals surface area contributed by atoms with Crippen LogP contribution in [0.1, 0.15) is 29.6 Å². The minimum Gasteiger partial charge on any atom is -0.342 e. The maximum atomic E-state index is 13.7. The molecule has 0 aliphatic heterocycles. The Bertz CT molecular complexity index is 518. The van der Waals surface area contributed by atoms with Gasteiger partial charge < -0.3 is 11.1 Å². The lowest BCUT2D eigenvalue weighted by atomic mass is 9.99. The Morgan fingerprint density at radius 1 is 1.32 bits per heavy atom. The van der Waals surface area contributed by atoms with Crippen molar-refractivity contribution in [1.82, 2.24) is 5.32 Å². The third kappa shape index (κ3) is 5.04. The van der Waals surface area contributed by atoms with Gasteiger partial charge in [0.25, 0.3) is 5.91 Å². The van der Waals surface area contributed by atoms with Crippen LogP contribution in [0.4, 0.5) is 8.78 Å². The second kappa shape index (κ2) is 8.38. The van der Waals surface area contributed by atoms with Gasteiger partial charge in [0.1, 0.15) is 0 Å². The summed E-state index contributed by atoms with van der Waals surface area (Å²) in [7, 11) is 0. The largest absolute Gasteiger partial charge is 0.342 e. The number of hydrogen-bond acceptors (Lipinski definition) is 3. The Hall–Kier alpha value is -2.08. The monoisotopic (exact) mass is 310 g/mol. The van der Waals surface area contributed by atoms with Crippen LogP contribution in [0, 0.1) is 0 Å². The van der Waals surface area contributed by atoms with Crippen LogP contribution in [0.3, 0.4) is 0 Å². The Labute approximate surface area is 128 Å². The van der Waals surface area contributed by atoms with Gasteiger partial charge in [-0.1, -0.05) is 24.3 Å². The van der Waals surface area contributed by atoms with E-state index in [2.05, 4.69) is 11.9 Å². The number of nitrogens with one attached hydrogen (secondary N) is 1.